The Kier molecular flexibility index (Phi) is 7.13. The second-order valence-electron chi connectivity index (χ2n) is 8.28. The number of sulfonamides is 1. The van der Waals surface area contributed by atoms with Gasteiger partial charge in [0, 0.05) is 31.7 Å². The maximum Gasteiger partial charge on any atom is 0.417 e. The third-order valence-electron chi connectivity index (χ3n) is 5.97. The minimum Gasteiger partial charge on any atom is -0.336 e. The van der Waals surface area contributed by atoms with Gasteiger partial charge in [-0.05, 0) is 56.3 Å². The lowest BCUT2D eigenvalue weighted by molar-refractivity contribution is -0.137. The smallest absolute Gasteiger partial charge is 0.336 e. The van der Waals surface area contributed by atoms with Crippen molar-refractivity contribution in [3.8, 4) is 5.69 Å². The molecule has 0 unspecified atom stereocenters. The van der Waals surface area contributed by atoms with Crippen molar-refractivity contribution in [1.82, 2.24) is 19.0 Å². The third-order valence-corrected chi connectivity index (χ3v) is 8.74. The molecule has 0 saturated carbocycles. The number of nitrogens with zero attached hydrogens (tertiary/aromatic N) is 4. The average molecular weight is 561 g/mol. The first-order valence-electron chi connectivity index (χ1n) is 10.8. The first-order valence-corrected chi connectivity index (χ1v) is 13.0. The van der Waals surface area contributed by atoms with Gasteiger partial charge in [-0.3, -0.25) is 4.79 Å². The van der Waals surface area contributed by atoms with Gasteiger partial charge in [0.15, 0.2) is 0 Å². The number of carbonyl (C=O) groups excluding carboxylic acids is 1. The molecular weight excluding hydrogens is 540 g/mol. The molecule has 0 N–H and O–H groups in total. The molecule has 1 aliphatic rings. The van der Waals surface area contributed by atoms with E-state index in [1.807, 2.05) is 6.92 Å². The zero-order chi connectivity index (χ0) is 26.4. The molecule has 1 aromatic heterocycles. The second-order valence-corrected chi connectivity index (χ2v) is 11.0. The molecule has 0 bridgehead atoms. The number of hydrogen-bond acceptors (Lipinski definition) is 4. The summed E-state index contributed by atoms with van der Waals surface area (Å²) in [5.41, 5.74) is 1.39. The molecule has 7 nitrogen and oxygen atoms in total. The molecular formula is C23H21Cl2F3N4O3S. The topological polar surface area (TPSA) is 75.5 Å². The predicted molar refractivity (Wildman–Crippen MR) is 129 cm³/mol. The fourth-order valence-electron chi connectivity index (χ4n) is 3.97. The lowest BCUT2D eigenvalue weighted by Gasteiger charge is -2.34. The maximum absolute atomic E-state index is 13.2. The van der Waals surface area contributed by atoms with Crippen LogP contribution in [0.25, 0.3) is 5.69 Å². The summed E-state index contributed by atoms with van der Waals surface area (Å²) in [6.45, 7) is 3.70. The van der Waals surface area contributed by atoms with Crippen molar-refractivity contribution in [2.75, 3.05) is 26.2 Å². The number of alkyl halides is 3. The van der Waals surface area contributed by atoms with Crippen molar-refractivity contribution < 1.29 is 26.4 Å². The van der Waals surface area contributed by atoms with Gasteiger partial charge >= 0.3 is 6.18 Å². The Bertz CT molecular complexity index is 1420. The quantitative estimate of drug-likeness (QED) is 0.452. The van der Waals surface area contributed by atoms with Gasteiger partial charge in [-0.25, -0.2) is 13.1 Å². The molecule has 1 amide bonds. The van der Waals surface area contributed by atoms with E-state index in [0.29, 0.717) is 22.3 Å². The van der Waals surface area contributed by atoms with Gasteiger partial charge in [0.1, 0.15) is 0 Å². The highest BCUT2D eigenvalue weighted by molar-refractivity contribution is 7.89. The standard InChI is InChI=1S/C23H21Cl2F3N4O3S/c1-14-21(25)15(2)32(29-14)17-5-3-16(4-6-17)22(33)30-9-11-31(12-10-30)36(34,35)18-7-8-20(24)19(13-18)23(26,27)28/h3-8,13H,9-12H2,1-2H3. The number of hydrogen-bond donors (Lipinski definition) is 0. The van der Waals surface area contributed by atoms with Crippen LogP contribution in [-0.2, 0) is 16.2 Å². The Morgan fingerprint density at radius 2 is 1.58 bits per heavy atom. The largest absolute Gasteiger partial charge is 0.417 e. The van der Waals surface area contributed by atoms with E-state index in [-0.39, 0.29) is 32.1 Å². The van der Waals surface area contributed by atoms with Crippen LogP contribution in [0, 0.1) is 13.8 Å². The lowest BCUT2D eigenvalue weighted by Crippen LogP contribution is -2.50. The normalized spacial score (nSPS) is 15.4. The molecule has 0 radical (unpaired) electrons. The van der Waals surface area contributed by atoms with E-state index < -0.39 is 31.7 Å². The summed E-state index contributed by atoms with van der Waals surface area (Å²) in [6.07, 6.45) is -4.79. The number of halogens is 5. The molecule has 2 aromatic carbocycles. The molecule has 1 saturated heterocycles. The van der Waals surface area contributed by atoms with Crippen molar-refractivity contribution in [3.63, 3.8) is 0 Å². The predicted octanol–water partition coefficient (Wildman–Crippen LogP) is 4.96. The maximum atomic E-state index is 13.2. The Labute approximate surface area is 216 Å². The van der Waals surface area contributed by atoms with E-state index in [2.05, 4.69) is 5.10 Å². The summed E-state index contributed by atoms with van der Waals surface area (Å²) in [5, 5.41) is 4.37. The summed E-state index contributed by atoms with van der Waals surface area (Å²) in [4.78, 5) is 14.0. The monoisotopic (exact) mass is 560 g/mol. The summed E-state index contributed by atoms with van der Waals surface area (Å²) < 4.78 is 68.1. The average Bonchev–Trinajstić information content (AvgIpc) is 3.10. The van der Waals surface area contributed by atoms with Crippen LogP contribution in [0.15, 0.2) is 47.4 Å². The Hall–Kier alpha value is -2.60. The van der Waals surface area contributed by atoms with Crippen LogP contribution in [0.1, 0.15) is 27.3 Å². The fraction of sp³-hybridized carbons (Fsp3) is 0.304. The van der Waals surface area contributed by atoms with Gasteiger partial charge < -0.3 is 4.90 Å². The SMILES string of the molecule is Cc1nn(-c2ccc(C(=O)N3CCN(S(=O)(=O)c4ccc(Cl)c(C(F)(F)F)c4)CC3)cc2)c(C)c1Cl. The Balaban J connectivity index is 1.45. The summed E-state index contributed by atoms with van der Waals surface area (Å²) in [6, 6.07) is 9.27. The molecule has 36 heavy (non-hydrogen) atoms. The first kappa shape index (κ1) is 26.5. The van der Waals surface area contributed by atoms with Crippen LogP contribution in [0.2, 0.25) is 10.0 Å². The number of piperazine rings is 1. The molecule has 0 atom stereocenters. The zero-order valence-corrected chi connectivity index (χ0v) is 21.5. The van der Waals surface area contributed by atoms with Gasteiger partial charge in [-0.15, -0.1) is 0 Å². The van der Waals surface area contributed by atoms with Crippen molar-refractivity contribution in [2.45, 2.75) is 24.9 Å². The second kappa shape index (κ2) is 9.70. The van der Waals surface area contributed by atoms with Crippen LogP contribution in [0.3, 0.4) is 0 Å². The number of aryl methyl sites for hydroxylation is 1. The van der Waals surface area contributed by atoms with Crippen molar-refractivity contribution >= 4 is 39.1 Å². The number of benzene rings is 2. The number of amides is 1. The minimum absolute atomic E-state index is 0.0552. The fourth-order valence-corrected chi connectivity index (χ4v) is 5.76. The number of carbonyl (C=O) groups is 1. The van der Waals surface area contributed by atoms with Crippen molar-refractivity contribution in [2.24, 2.45) is 0 Å². The summed E-state index contributed by atoms with van der Waals surface area (Å²) in [5.74, 6) is -0.282. The molecule has 192 valence electrons. The number of aromatic nitrogens is 2. The van der Waals surface area contributed by atoms with E-state index in [0.717, 1.165) is 27.8 Å². The molecule has 13 heteroatoms. The van der Waals surface area contributed by atoms with Crippen molar-refractivity contribution in [3.05, 3.63) is 75.0 Å². The third kappa shape index (κ3) is 4.97. The van der Waals surface area contributed by atoms with Crippen LogP contribution >= 0.6 is 23.2 Å². The highest BCUT2D eigenvalue weighted by Gasteiger charge is 2.36. The van der Waals surface area contributed by atoms with Gasteiger partial charge in [0.05, 0.1) is 37.6 Å². The van der Waals surface area contributed by atoms with Crippen LogP contribution in [0.4, 0.5) is 13.2 Å². The van der Waals surface area contributed by atoms with Crippen LogP contribution in [0.5, 0.6) is 0 Å². The molecule has 2 heterocycles. The van der Waals surface area contributed by atoms with Gasteiger partial charge in [-0.2, -0.15) is 22.6 Å². The van der Waals surface area contributed by atoms with E-state index >= 15 is 0 Å². The first-order chi connectivity index (χ1) is 16.8. The Morgan fingerprint density at radius 3 is 2.11 bits per heavy atom. The Morgan fingerprint density at radius 1 is 0.972 bits per heavy atom. The zero-order valence-electron chi connectivity index (χ0n) is 19.2. The van der Waals surface area contributed by atoms with Crippen LogP contribution in [-0.4, -0.2) is 59.5 Å². The van der Waals surface area contributed by atoms with E-state index in [1.165, 1.54) is 4.90 Å². The highest BCUT2D eigenvalue weighted by atomic mass is 35.5. The molecule has 4 rings (SSSR count). The van der Waals surface area contributed by atoms with Crippen LogP contribution < -0.4 is 0 Å². The molecule has 0 spiro atoms. The lowest BCUT2D eigenvalue weighted by atomic mass is 10.1. The van der Waals surface area contributed by atoms with Crippen molar-refractivity contribution in [1.29, 1.82) is 0 Å². The van der Waals surface area contributed by atoms with E-state index in [4.69, 9.17) is 23.2 Å². The summed E-state index contributed by atoms with van der Waals surface area (Å²) in [7, 11) is -4.20. The molecule has 3 aromatic rings. The molecule has 1 aliphatic heterocycles. The van der Waals surface area contributed by atoms with E-state index in [9.17, 15) is 26.4 Å². The van der Waals surface area contributed by atoms with E-state index in [1.54, 1.807) is 35.9 Å². The highest BCUT2D eigenvalue weighted by Crippen LogP contribution is 2.36. The minimum atomic E-state index is -4.79. The molecule has 0 aliphatic carbocycles. The summed E-state index contributed by atoms with van der Waals surface area (Å²) >= 11 is 11.8. The molecule has 1 fully saturated rings. The van der Waals surface area contributed by atoms with Gasteiger partial charge in [0.2, 0.25) is 10.0 Å². The van der Waals surface area contributed by atoms with Gasteiger partial charge in [0.25, 0.3) is 5.91 Å². The van der Waals surface area contributed by atoms with Gasteiger partial charge in [-0.1, -0.05) is 23.2 Å². The number of rotatable bonds is 4.